The third-order valence-electron chi connectivity index (χ3n) is 5.20. The molecule has 0 radical (unpaired) electrons. The monoisotopic (exact) mass is 432 g/mol. The first-order chi connectivity index (χ1) is 15.3. The zero-order chi connectivity index (χ0) is 23.0. The molecule has 1 atom stereocenters. The molecule has 1 saturated heterocycles. The van der Waals surface area contributed by atoms with E-state index in [0.29, 0.717) is 22.6 Å². The fourth-order valence-corrected chi connectivity index (χ4v) is 3.72. The van der Waals surface area contributed by atoms with Gasteiger partial charge in [0.25, 0.3) is 5.78 Å². The summed E-state index contributed by atoms with van der Waals surface area (Å²) in [5.41, 5.74) is 2.12. The minimum absolute atomic E-state index is 0.00275. The lowest BCUT2D eigenvalue weighted by Gasteiger charge is -2.23. The molecule has 1 aliphatic rings. The molecule has 0 unspecified atom stereocenters. The highest BCUT2D eigenvalue weighted by Gasteiger charge is 2.48. The summed E-state index contributed by atoms with van der Waals surface area (Å²) in [6, 6.07) is 14.9. The number of nitrogens with zero attached hydrogens (tertiary/aromatic N) is 2. The van der Waals surface area contributed by atoms with Gasteiger partial charge in [-0.3, -0.25) is 14.5 Å². The van der Waals surface area contributed by atoms with E-state index in [1.807, 2.05) is 45.0 Å². The SMILES string of the molecule is Cc1ccc([C@H]2C(=C(O)c3ccc(OC(C)C)cc3)C(=O)C(=O)N2c2cc(C)on2)cc1. The third-order valence-corrected chi connectivity index (χ3v) is 5.20. The first kappa shape index (κ1) is 21.4. The first-order valence-corrected chi connectivity index (χ1v) is 10.3. The van der Waals surface area contributed by atoms with Crippen LogP contribution in [0.3, 0.4) is 0 Å². The van der Waals surface area contributed by atoms with Crippen LogP contribution in [0.15, 0.2) is 64.7 Å². The van der Waals surface area contributed by atoms with Crippen LogP contribution in [0.25, 0.3) is 5.76 Å². The summed E-state index contributed by atoms with van der Waals surface area (Å²) in [5.74, 6) is -0.445. The normalized spacial score (nSPS) is 17.9. The number of hydrogen-bond acceptors (Lipinski definition) is 6. The number of benzene rings is 2. The van der Waals surface area contributed by atoms with Crippen molar-refractivity contribution < 1.29 is 24.0 Å². The maximum Gasteiger partial charge on any atom is 0.301 e. The summed E-state index contributed by atoms with van der Waals surface area (Å²) in [6.45, 7) is 7.49. The molecule has 1 amide bonds. The summed E-state index contributed by atoms with van der Waals surface area (Å²) < 4.78 is 10.8. The molecule has 7 nitrogen and oxygen atoms in total. The second-order valence-corrected chi connectivity index (χ2v) is 8.07. The van der Waals surface area contributed by atoms with Crippen molar-refractivity contribution >= 4 is 23.3 Å². The van der Waals surface area contributed by atoms with Crippen LogP contribution in [-0.4, -0.2) is 28.1 Å². The topological polar surface area (TPSA) is 92.9 Å². The smallest absolute Gasteiger partial charge is 0.301 e. The number of amides is 1. The van der Waals surface area contributed by atoms with Gasteiger partial charge in [0.2, 0.25) is 0 Å². The lowest BCUT2D eigenvalue weighted by atomic mass is 9.94. The number of carbonyl (C=O) groups excluding carboxylic acids is 2. The number of aromatic nitrogens is 1. The third kappa shape index (κ3) is 3.89. The van der Waals surface area contributed by atoms with Crippen molar-refractivity contribution in [3.05, 3.63) is 82.6 Å². The van der Waals surface area contributed by atoms with Crippen LogP contribution in [0, 0.1) is 13.8 Å². The molecule has 0 saturated carbocycles. The maximum absolute atomic E-state index is 13.1. The Hall–Kier alpha value is -3.87. The van der Waals surface area contributed by atoms with Gasteiger partial charge in [0.05, 0.1) is 17.7 Å². The van der Waals surface area contributed by atoms with Gasteiger partial charge in [0, 0.05) is 11.6 Å². The van der Waals surface area contributed by atoms with Gasteiger partial charge in [0.1, 0.15) is 17.3 Å². The summed E-state index contributed by atoms with van der Waals surface area (Å²) in [7, 11) is 0. The Kier molecular flexibility index (Phi) is 5.57. The predicted octanol–water partition coefficient (Wildman–Crippen LogP) is 4.70. The van der Waals surface area contributed by atoms with E-state index in [4.69, 9.17) is 9.26 Å². The molecular weight excluding hydrogens is 408 g/mol. The maximum atomic E-state index is 13.1. The van der Waals surface area contributed by atoms with Crippen molar-refractivity contribution in [2.75, 3.05) is 4.90 Å². The molecule has 1 N–H and O–H groups in total. The lowest BCUT2D eigenvalue weighted by molar-refractivity contribution is -0.132. The number of aliphatic hydroxyl groups excluding tert-OH is 1. The standard InChI is InChI=1S/C25H24N2O5/c1-14(2)31-19-11-9-18(10-12-19)23(28)21-22(17-7-5-15(3)6-8-17)27(25(30)24(21)29)20-13-16(4)32-26-20/h5-14,22,28H,1-4H3/t22-/m0/s1. The zero-order valence-corrected chi connectivity index (χ0v) is 18.3. The highest BCUT2D eigenvalue weighted by molar-refractivity contribution is 6.51. The minimum atomic E-state index is -0.841. The molecule has 1 aliphatic heterocycles. The van der Waals surface area contributed by atoms with Gasteiger partial charge in [-0.2, -0.15) is 0 Å². The Balaban J connectivity index is 1.85. The molecule has 4 rings (SSSR count). The fraction of sp³-hybridized carbons (Fsp3) is 0.240. The van der Waals surface area contributed by atoms with Gasteiger partial charge in [-0.1, -0.05) is 35.0 Å². The molecule has 3 aromatic rings. The number of aryl methyl sites for hydroxylation is 2. The van der Waals surface area contributed by atoms with Gasteiger partial charge in [-0.15, -0.1) is 0 Å². The summed E-state index contributed by atoms with van der Waals surface area (Å²) in [5, 5.41) is 15.1. The summed E-state index contributed by atoms with van der Waals surface area (Å²) >= 11 is 0. The van der Waals surface area contributed by atoms with Gasteiger partial charge >= 0.3 is 5.91 Å². The van der Waals surface area contributed by atoms with Crippen LogP contribution in [0.2, 0.25) is 0 Å². The van der Waals surface area contributed by atoms with Crippen molar-refractivity contribution in [2.45, 2.75) is 39.8 Å². The second-order valence-electron chi connectivity index (χ2n) is 8.07. The Morgan fingerprint density at radius 1 is 1.06 bits per heavy atom. The van der Waals surface area contributed by atoms with Crippen LogP contribution in [0.1, 0.15) is 42.3 Å². The van der Waals surface area contributed by atoms with Crippen LogP contribution in [0.5, 0.6) is 5.75 Å². The molecule has 1 aromatic heterocycles. The second kappa shape index (κ2) is 8.34. The van der Waals surface area contributed by atoms with E-state index in [9.17, 15) is 14.7 Å². The Morgan fingerprint density at radius 2 is 1.72 bits per heavy atom. The van der Waals surface area contributed by atoms with Crippen molar-refractivity contribution in [1.29, 1.82) is 0 Å². The van der Waals surface area contributed by atoms with Gasteiger partial charge in [-0.05, 0) is 57.5 Å². The molecule has 2 aromatic carbocycles. The Morgan fingerprint density at radius 3 is 2.28 bits per heavy atom. The van der Waals surface area contributed by atoms with E-state index in [0.717, 1.165) is 5.56 Å². The van der Waals surface area contributed by atoms with Gasteiger partial charge < -0.3 is 14.4 Å². The molecule has 164 valence electrons. The first-order valence-electron chi connectivity index (χ1n) is 10.3. The largest absolute Gasteiger partial charge is 0.507 e. The predicted molar refractivity (Wildman–Crippen MR) is 119 cm³/mol. The van der Waals surface area contributed by atoms with Gasteiger partial charge in [-0.25, -0.2) is 0 Å². The van der Waals surface area contributed by atoms with E-state index in [-0.39, 0.29) is 23.3 Å². The highest BCUT2D eigenvalue weighted by atomic mass is 16.5. The molecule has 1 fully saturated rings. The zero-order valence-electron chi connectivity index (χ0n) is 18.3. The number of ether oxygens (including phenoxy) is 1. The molecule has 7 heteroatoms. The van der Waals surface area contributed by atoms with E-state index in [2.05, 4.69) is 5.16 Å². The number of aliphatic hydroxyl groups is 1. The van der Waals surface area contributed by atoms with Crippen LogP contribution in [-0.2, 0) is 9.59 Å². The Labute approximate surface area is 185 Å². The fourth-order valence-electron chi connectivity index (χ4n) is 3.72. The van der Waals surface area contributed by atoms with Crippen molar-refractivity contribution in [2.24, 2.45) is 0 Å². The van der Waals surface area contributed by atoms with Crippen molar-refractivity contribution in [3.8, 4) is 5.75 Å². The summed E-state index contributed by atoms with van der Waals surface area (Å²) in [6.07, 6.45) is 0.00669. The molecular formula is C25H24N2O5. The van der Waals surface area contributed by atoms with Gasteiger partial charge in [0.15, 0.2) is 5.82 Å². The minimum Gasteiger partial charge on any atom is -0.507 e. The van der Waals surface area contributed by atoms with Crippen molar-refractivity contribution in [3.63, 3.8) is 0 Å². The van der Waals surface area contributed by atoms with Crippen LogP contribution in [0.4, 0.5) is 5.82 Å². The van der Waals surface area contributed by atoms with E-state index in [1.165, 1.54) is 4.90 Å². The molecule has 0 aliphatic carbocycles. The number of hydrogen-bond donors (Lipinski definition) is 1. The van der Waals surface area contributed by atoms with Crippen LogP contribution < -0.4 is 9.64 Å². The van der Waals surface area contributed by atoms with E-state index < -0.39 is 17.7 Å². The van der Waals surface area contributed by atoms with Crippen molar-refractivity contribution in [1.82, 2.24) is 5.16 Å². The van der Waals surface area contributed by atoms with E-state index in [1.54, 1.807) is 37.3 Å². The average molecular weight is 432 g/mol. The molecule has 32 heavy (non-hydrogen) atoms. The lowest BCUT2D eigenvalue weighted by Crippen LogP contribution is -2.29. The van der Waals surface area contributed by atoms with Crippen LogP contribution >= 0.6 is 0 Å². The molecule has 0 spiro atoms. The average Bonchev–Trinajstić information content (AvgIpc) is 3.29. The number of anilines is 1. The number of carbonyl (C=O) groups is 2. The summed E-state index contributed by atoms with van der Waals surface area (Å²) in [4.78, 5) is 27.4. The van der Waals surface area contributed by atoms with E-state index >= 15 is 0 Å². The number of ketones is 1. The Bertz CT molecular complexity index is 1190. The molecule has 2 heterocycles. The highest BCUT2D eigenvalue weighted by Crippen LogP contribution is 2.42. The molecule has 0 bridgehead atoms. The quantitative estimate of drug-likeness (QED) is 0.357. The number of Topliss-reactive ketones (excluding diaryl/α,β-unsaturated/α-hetero) is 1. The number of rotatable bonds is 5.